The SMILES string of the molecule is CC(C)[C@H]1C[C@@H]2C(=O)N(c3cccc(B(O)O)c3)C(=O)[C@@H]2[C@@H]2C[C@@H](c3cc(Br)ccc3O)O[C@]12O. The minimum absolute atomic E-state index is 0.0249. The third-order valence-electron chi connectivity index (χ3n) is 7.85. The Morgan fingerprint density at radius 1 is 1.11 bits per heavy atom. The monoisotopic (exact) mass is 543 g/mol. The number of carbonyl (C=O) groups is 2. The molecule has 4 N–H and O–H groups in total. The van der Waals surface area contributed by atoms with Gasteiger partial charge in [-0.2, -0.15) is 0 Å². The second-order valence-electron chi connectivity index (χ2n) is 10.1. The van der Waals surface area contributed by atoms with Gasteiger partial charge in [-0.15, -0.1) is 0 Å². The highest BCUT2D eigenvalue weighted by Crippen LogP contribution is 2.60. The molecule has 0 radical (unpaired) electrons. The molecule has 2 amide bonds. The molecule has 0 bridgehead atoms. The lowest BCUT2D eigenvalue weighted by Gasteiger charge is -2.46. The van der Waals surface area contributed by atoms with E-state index in [-0.39, 0.29) is 41.6 Å². The molecule has 0 aromatic heterocycles. The van der Waals surface area contributed by atoms with Gasteiger partial charge in [-0.05, 0) is 54.6 Å². The number of aliphatic hydroxyl groups is 1. The molecule has 0 unspecified atom stereocenters. The highest BCUT2D eigenvalue weighted by Gasteiger charge is 2.67. The van der Waals surface area contributed by atoms with Gasteiger partial charge in [0.2, 0.25) is 11.8 Å². The molecule has 2 aromatic carbocycles. The van der Waals surface area contributed by atoms with Crippen LogP contribution in [0.25, 0.3) is 0 Å². The number of ether oxygens (including phenoxy) is 1. The van der Waals surface area contributed by atoms with Crippen molar-refractivity contribution >= 4 is 46.0 Å². The first kappa shape index (κ1) is 24.5. The van der Waals surface area contributed by atoms with Crippen LogP contribution in [0.3, 0.4) is 0 Å². The van der Waals surface area contributed by atoms with Crippen LogP contribution in [0.2, 0.25) is 0 Å². The van der Waals surface area contributed by atoms with Crippen LogP contribution in [0, 0.1) is 29.6 Å². The van der Waals surface area contributed by atoms with Gasteiger partial charge in [0.1, 0.15) is 5.75 Å². The number of hydrogen-bond donors (Lipinski definition) is 4. The summed E-state index contributed by atoms with van der Waals surface area (Å²) in [5.74, 6) is -4.87. The number of nitrogens with zero attached hydrogens (tertiary/aromatic N) is 1. The summed E-state index contributed by atoms with van der Waals surface area (Å²) in [6.07, 6.45) is -0.0874. The number of imide groups is 1. The van der Waals surface area contributed by atoms with Crippen LogP contribution in [0.5, 0.6) is 5.75 Å². The number of benzene rings is 2. The van der Waals surface area contributed by atoms with E-state index in [1.807, 2.05) is 13.8 Å². The highest BCUT2D eigenvalue weighted by atomic mass is 79.9. The lowest BCUT2D eigenvalue weighted by atomic mass is 9.62. The zero-order valence-corrected chi connectivity index (χ0v) is 20.9. The fraction of sp³-hybridized carbons (Fsp3) is 0.440. The predicted molar refractivity (Wildman–Crippen MR) is 131 cm³/mol. The van der Waals surface area contributed by atoms with Crippen molar-refractivity contribution in [1.29, 1.82) is 0 Å². The molecule has 0 spiro atoms. The van der Waals surface area contributed by atoms with Crippen LogP contribution in [-0.4, -0.2) is 45.0 Å². The number of phenols is 1. The van der Waals surface area contributed by atoms with Crippen LogP contribution in [0.4, 0.5) is 5.69 Å². The number of rotatable bonds is 4. The molecule has 2 heterocycles. The van der Waals surface area contributed by atoms with Gasteiger partial charge in [0.25, 0.3) is 0 Å². The molecule has 10 heteroatoms. The third-order valence-corrected chi connectivity index (χ3v) is 8.34. The maximum Gasteiger partial charge on any atom is 0.488 e. The first-order chi connectivity index (χ1) is 16.5. The second kappa shape index (κ2) is 8.71. The fourth-order valence-corrected chi connectivity index (χ4v) is 6.60. The number of phenolic OH excluding ortho intramolecular Hbond substituents is 1. The van der Waals surface area contributed by atoms with Crippen molar-refractivity contribution in [2.75, 3.05) is 4.90 Å². The first-order valence-electron chi connectivity index (χ1n) is 11.8. The number of carbonyl (C=O) groups excluding carboxylic acids is 2. The van der Waals surface area contributed by atoms with E-state index in [9.17, 15) is 29.9 Å². The van der Waals surface area contributed by atoms with Gasteiger partial charge in [-0.1, -0.05) is 41.9 Å². The number of amides is 2. The van der Waals surface area contributed by atoms with Gasteiger partial charge in [0.05, 0.1) is 23.6 Å². The minimum atomic E-state index is -1.73. The Morgan fingerprint density at radius 3 is 2.54 bits per heavy atom. The Kier molecular flexibility index (Phi) is 6.08. The smallest absolute Gasteiger partial charge is 0.488 e. The highest BCUT2D eigenvalue weighted by molar-refractivity contribution is 9.10. The van der Waals surface area contributed by atoms with Crippen molar-refractivity contribution in [1.82, 2.24) is 0 Å². The second-order valence-corrected chi connectivity index (χ2v) is 11.0. The first-order valence-corrected chi connectivity index (χ1v) is 12.5. The van der Waals surface area contributed by atoms with E-state index in [0.29, 0.717) is 5.56 Å². The van der Waals surface area contributed by atoms with E-state index >= 15 is 0 Å². The topological polar surface area (TPSA) is 128 Å². The summed E-state index contributed by atoms with van der Waals surface area (Å²) in [5, 5.41) is 41.5. The van der Waals surface area contributed by atoms with Gasteiger partial charge < -0.3 is 25.0 Å². The molecule has 2 aromatic rings. The summed E-state index contributed by atoms with van der Waals surface area (Å²) in [7, 11) is -1.73. The van der Waals surface area contributed by atoms with E-state index < -0.39 is 48.6 Å². The molecule has 5 rings (SSSR count). The lowest BCUT2D eigenvalue weighted by Crippen LogP contribution is -2.55. The summed E-state index contributed by atoms with van der Waals surface area (Å²) >= 11 is 3.41. The maximum atomic E-state index is 13.7. The Bertz CT molecular complexity index is 1190. The minimum Gasteiger partial charge on any atom is -0.508 e. The van der Waals surface area contributed by atoms with E-state index in [1.165, 1.54) is 12.1 Å². The molecule has 1 aliphatic carbocycles. The maximum absolute atomic E-state index is 13.7. The fourth-order valence-electron chi connectivity index (χ4n) is 6.22. The molecular weight excluding hydrogens is 517 g/mol. The quantitative estimate of drug-likeness (QED) is 0.343. The van der Waals surface area contributed by atoms with Gasteiger partial charge >= 0.3 is 7.12 Å². The van der Waals surface area contributed by atoms with Gasteiger partial charge in [0.15, 0.2) is 5.79 Å². The average molecular weight is 544 g/mol. The Labute approximate surface area is 211 Å². The normalized spacial score (nSPS) is 32.2. The van der Waals surface area contributed by atoms with Crippen molar-refractivity contribution in [3.63, 3.8) is 0 Å². The molecule has 6 atom stereocenters. The van der Waals surface area contributed by atoms with E-state index in [1.54, 1.807) is 30.3 Å². The Morgan fingerprint density at radius 2 is 1.86 bits per heavy atom. The number of hydrogen-bond acceptors (Lipinski definition) is 7. The zero-order chi connectivity index (χ0) is 25.2. The van der Waals surface area contributed by atoms with Crippen molar-refractivity contribution < 1.29 is 34.6 Å². The van der Waals surface area contributed by atoms with Crippen LogP contribution >= 0.6 is 15.9 Å². The number of halogens is 1. The molecule has 2 saturated heterocycles. The van der Waals surface area contributed by atoms with E-state index in [4.69, 9.17) is 4.74 Å². The third kappa shape index (κ3) is 3.83. The van der Waals surface area contributed by atoms with Crippen molar-refractivity contribution in [3.05, 3.63) is 52.5 Å². The molecule has 184 valence electrons. The van der Waals surface area contributed by atoms with Gasteiger partial charge in [0, 0.05) is 21.9 Å². The molecule has 35 heavy (non-hydrogen) atoms. The molecule has 8 nitrogen and oxygen atoms in total. The van der Waals surface area contributed by atoms with Gasteiger partial charge in [-0.3, -0.25) is 14.5 Å². The molecular formula is C25H27BBrNO7. The van der Waals surface area contributed by atoms with Crippen molar-refractivity contribution in [3.8, 4) is 5.75 Å². The molecule has 1 saturated carbocycles. The lowest BCUT2D eigenvalue weighted by molar-refractivity contribution is -0.276. The van der Waals surface area contributed by atoms with Crippen LogP contribution in [0.1, 0.15) is 38.4 Å². The average Bonchev–Trinajstić information content (AvgIpc) is 3.28. The number of anilines is 1. The largest absolute Gasteiger partial charge is 0.508 e. The van der Waals surface area contributed by atoms with Crippen molar-refractivity contribution in [2.24, 2.45) is 29.6 Å². The van der Waals surface area contributed by atoms with Crippen molar-refractivity contribution in [2.45, 2.75) is 38.6 Å². The van der Waals surface area contributed by atoms with Crippen LogP contribution in [-0.2, 0) is 14.3 Å². The predicted octanol–water partition coefficient (Wildman–Crippen LogP) is 2.08. The Balaban J connectivity index is 1.55. The Hall–Kier alpha value is -2.24. The molecule has 3 fully saturated rings. The number of fused-ring (bicyclic) bond motifs is 3. The standard InChI is InChI=1S/C25H27BBrNO7/c1-12(2)18-10-17-22(24(31)28(23(17)30)15-5-3-4-13(8-15)26(33)34)19-11-21(35-25(18,19)32)16-9-14(27)6-7-20(16)29/h3-9,12,17-19,21-22,29,32-34H,10-11H2,1-2H3/t17-,18+,19-,21-,22-,25+/m0/s1. The van der Waals surface area contributed by atoms with E-state index in [0.717, 1.165) is 9.37 Å². The van der Waals surface area contributed by atoms with E-state index in [2.05, 4.69) is 15.9 Å². The summed E-state index contributed by atoms with van der Waals surface area (Å²) in [6.45, 7) is 3.91. The zero-order valence-electron chi connectivity index (χ0n) is 19.3. The van der Waals surface area contributed by atoms with Crippen LogP contribution in [0.15, 0.2) is 46.9 Å². The van der Waals surface area contributed by atoms with Crippen LogP contribution < -0.4 is 10.4 Å². The summed E-state index contributed by atoms with van der Waals surface area (Å²) in [4.78, 5) is 28.4. The number of aromatic hydroxyl groups is 1. The summed E-state index contributed by atoms with van der Waals surface area (Å²) in [5.41, 5.74) is 0.952. The van der Waals surface area contributed by atoms with Gasteiger partial charge in [-0.25, -0.2) is 0 Å². The summed E-state index contributed by atoms with van der Waals surface area (Å²) in [6, 6.07) is 11.0. The molecule has 3 aliphatic rings. The summed E-state index contributed by atoms with van der Waals surface area (Å²) < 4.78 is 7.01. The molecule has 2 aliphatic heterocycles.